The largest absolute Gasteiger partial charge is 0.327 e. The zero-order chi connectivity index (χ0) is 13.0. The molecule has 94 valence electrons. The minimum absolute atomic E-state index is 0.805. The zero-order valence-electron chi connectivity index (χ0n) is 10.7. The Kier molecular flexibility index (Phi) is 3.79. The summed E-state index contributed by atoms with van der Waals surface area (Å²) in [5.74, 6) is 6.25. The van der Waals surface area contributed by atoms with Crippen molar-refractivity contribution in [2.45, 2.75) is 13.8 Å². The molecule has 0 atom stereocenters. The Labute approximate surface area is 107 Å². The highest BCUT2D eigenvalue weighted by atomic mass is 15.2. The van der Waals surface area contributed by atoms with Gasteiger partial charge >= 0.3 is 0 Å². The Morgan fingerprint density at radius 1 is 1.28 bits per heavy atom. The molecular weight excluding hydrogens is 224 g/mol. The second-order valence-electron chi connectivity index (χ2n) is 4.13. The van der Waals surface area contributed by atoms with E-state index in [2.05, 4.69) is 53.4 Å². The molecule has 0 saturated carbocycles. The first-order valence-corrected chi connectivity index (χ1v) is 6.01. The van der Waals surface area contributed by atoms with Gasteiger partial charge in [-0.3, -0.25) is 5.84 Å². The normalized spacial score (nSPS) is 10.2. The molecule has 0 amide bonds. The zero-order valence-corrected chi connectivity index (χ0v) is 10.7. The van der Waals surface area contributed by atoms with E-state index in [1.54, 1.807) is 6.20 Å². The molecule has 0 unspecified atom stereocenters. The minimum atomic E-state index is 0.805. The highest BCUT2D eigenvalue weighted by Gasteiger charge is 2.08. The maximum Gasteiger partial charge on any atom is 0.133 e. The predicted octanol–water partition coefficient (Wildman–Crippen LogP) is 2.83. The van der Waals surface area contributed by atoms with Crippen LogP contribution >= 0.6 is 0 Å². The molecule has 2 rings (SSSR count). The Morgan fingerprint density at radius 3 is 2.67 bits per heavy atom. The van der Waals surface area contributed by atoms with E-state index in [9.17, 15) is 0 Å². The standard InChI is InChI=1S/C14H18N4/c1-3-18(13-6-4-5-11(2)9-13)14-8-7-12(17-15)10-16-14/h4-10,17H,3,15H2,1-2H3. The van der Waals surface area contributed by atoms with Crippen molar-refractivity contribution in [2.75, 3.05) is 16.9 Å². The number of nitrogen functional groups attached to an aromatic ring is 1. The van der Waals surface area contributed by atoms with E-state index in [-0.39, 0.29) is 0 Å². The number of hydrogen-bond donors (Lipinski definition) is 2. The molecule has 1 aromatic heterocycles. The summed E-state index contributed by atoms with van der Waals surface area (Å²) < 4.78 is 0. The molecule has 3 N–H and O–H groups in total. The van der Waals surface area contributed by atoms with Crippen molar-refractivity contribution < 1.29 is 0 Å². The van der Waals surface area contributed by atoms with Crippen LogP contribution in [0.1, 0.15) is 12.5 Å². The maximum absolute atomic E-state index is 5.34. The number of nitrogens with one attached hydrogen (secondary N) is 1. The van der Waals surface area contributed by atoms with Crippen molar-refractivity contribution in [3.63, 3.8) is 0 Å². The smallest absolute Gasteiger partial charge is 0.133 e. The summed E-state index contributed by atoms with van der Waals surface area (Å²) in [6.07, 6.45) is 1.73. The monoisotopic (exact) mass is 242 g/mol. The number of pyridine rings is 1. The fourth-order valence-corrected chi connectivity index (χ4v) is 1.90. The summed E-state index contributed by atoms with van der Waals surface area (Å²) in [5.41, 5.74) is 5.78. The number of hydrazine groups is 1. The third-order valence-electron chi connectivity index (χ3n) is 2.82. The van der Waals surface area contributed by atoms with E-state index in [0.717, 1.165) is 23.7 Å². The van der Waals surface area contributed by atoms with Gasteiger partial charge in [0.05, 0.1) is 11.9 Å². The number of aromatic nitrogens is 1. The average Bonchev–Trinajstić information content (AvgIpc) is 2.40. The SMILES string of the molecule is CCN(c1cccc(C)c1)c1ccc(NN)cn1. The van der Waals surface area contributed by atoms with Crippen molar-refractivity contribution >= 4 is 17.2 Å². The van der Waals surface area contributed by atoms with Crippen molar-refractivity contribution in [3.8, 4) is 0 Å². The number of anilines is 3. The van der Waals surface area contributed by atoms with Gasteiger partial charge in [-0.1, -0.05) is 12.1 Å². The lowest BCUT2D eigenvalue weighted by Crippen LogP contribution is -2.17. The van der Waals surface area contributed by atoms with Crippen LogP contribution in [-0.4, -0.2) is 11.5 Å². The Balaban J connectivity index is 2.32. The average molecular weight is 242 g/mol. The Morgan fingerprint density at radius 2 is 2.11 bits per heavy atom. The van der Waals surface area contributed by atoms with Gasteiger partial charge in [-0.25, -0.2) is 4.98 Å². The van der Waals surface area contributed by atoms with Crippen LogP contribution in [0.3, 0.4) is 0 Å². The molecule has 0 bridgehead atoms. The number of hydrogen-bond acceptors (Lipinski definition) is 4. The van der Waals surface area contributed by atoms with Gasteiger partial charge < -0.3 is 10.3 Å². The van der Waals surface area contributed by atoms with Crippen LogP contribution in [0.2, 0.25) is 0 Å². The van der Waals surface area contributed by atoms with Crippen LogP contribution in [0.5, 0.6) is 0 Å². The molecule has 0 fully saturated rings. The summed E-state index contributed by atoms with van der Waals surface area (Å²) in [7, 11) is 0. The summed E-state index contributed by atoms with van der Waals surface area (Å²) in [5, 5.41) is 0. The molecule has 1 heterocycles. The third-order valence-corrected chi connectivity index (χ3v) is 2.82. The molecule has 0 aliphatic heterocycles. The summed E-state index contributed by atoms with van der Waals surface area (Å²) in [6.45, 7) is 5.07. The molecule has 18 heavy (non-hydrogen) atoms. The fourth-order valence-electron chi connectivity index (χ4n) is 1.90. The van der Waals surface area contributed by atoms with Crippen molar-refractivity contribution in [3.05, 3.63) is 48.2 Å². The first-order chi connectivity index (χ1) is 8.74. The van der Waals surface area contributed by atoms with Crippen LogP contribution in [0.4, 0.5) is 17.2 Å². The van der Waals surface area contributed by atoms with Gasteiger partial charge in [0.2, 0.25) is 0 Å². The minimum Gasteiger partial charge on any atom is -0.327 e. The quantitative estimate of drug-likeness (QED) is 0.639. The van der Waals surface area contributed by atoms with E-state index in [1.165, 1.54) is 5.56 Å². The highest BCUT2D eigenvalue weighted by Crippen LogP contribution is 2.24. The van der Waals surface area contributed by atoms with Crippen LogP contribution < -0.4 is 16.2 Å². The second kappa shape index (κ2) is 5.51. The number of benzene rings is 1. The molecule has 4 heteroatoms. The first-order valence-electron chi connectivity index (χ1n) is 6.01. The Bertz CT molecular complexity index is 507. The van der Waals surface area contributed by atoms with Gasteiger partial charge in [-0.15, -0.1) is 0 Å². The molecule has 0 saturated heterocycles. The van der Waals surface area contributed by atoms with Gasteiger partial charge in [-0.2, -0.15) is 0 Å². The summed E-state index contributed by atoms with van der Waals surface area (Å²) >= 11 is 0. The van der Waals surface area contributed by atoms with Crippen molar-refractivity contribution in [1.29, 1.82) is 0 Å². The lowest BCUT2D eigenvalue weighted by molar-refractivity contribution is 0.988. The van der Waals surface area contributed by atoms with Crippen LogP contribution in [0, 0.1) is 6.92 Å². The molecular formula is C14H18N4. The van der Waals surface area contributed by atoms with Crippen molar-refractivity contribution in [2.24, 2.45) is 5.84 Å². The molecule has 0 aliphatic carbocycles. The van der Waals surface area contributed by atoms with Gasteiger partial charge in [-0.05, 0) is 43.7 Å². The maximum atomic E-state index is 5.34. The van der Waals surface area contributed by atoms with Gasteiger partial charge in [0.1, 0.15) is 5.82 Å². The lowest BCUT2D eigenvalue weighted by atomic mass is 10.2. The molecule has 0 radical (unpaired) electrons. The van der Waals surface area contributed by atoms with Gasteiger partial charge in [0, 0.05) is 12.2 Å². The van der Waals surface area contributed by atoms with E-state index in [4.69, 9.17) is 5.84 Å². The predicted molar refractivity (Wildman–Crippen MR) is 75.9 cm³/mol. The third kappa shape index (κ3) is 2.60. The van der Waals surface area contributed by atoms with Gasteiger partial charge in [0.15, 0.2) is 0 Å². The summed E-state index contributed by atoms with van der Waals surface area (Å²) in [6, 6.07) is 12.3. The molecule has 0 aliphatic rings. The molecule has 2 aromatic rings. The second-order valence-corrected chi connectivity index (χ2v) is 4.13. The highest BCUT2D eigenvalue weighted by molar-refractivity contribution is 5.61. The number of nitrogens with two attached hydrogens (primary N) is 1. The van der Waals surface area contributed by atoms with Crippen LogP contribution in [0.15, 0.2) is 42.6 Å². The molecule has 0 spiro atoms. The van der Waals surface area contributed by atoms with Gasteiger partial charge in [0.25, 0.3) is 0 Å². The van der Waals surface area contributed by atoms with Crippen LogP contribution in [0.25, 0.3) is 0 Å². The first kappa shape index (κ1) is 12.4. The number of aryl methyl sites for hydroxylation is 1. The lowest BCUT2D eigenvalue weighted by Gasteiger charge is -2.22. The molecule has 4 nitrogen and oxygen atoms in total. The van der Waals surface area contributed by atoms with Crippen molar-refractivity contribution in [1.82, 2.24) is 4.98 Å². The van der Waals surface area contributed by atoms with E-state index in [1.807, 2.05) is 12.1 Å². The van der Waals surface area contributed by atoms with E-state index < -0.39 is 0 Å². The number of nitrogens with zero attached hydrogens (tertiary/aromatic N) is 2. The summed E-state index contributed by atoms with van der Waals surface area (Å²) in [4.78, 5) is 6.57. The topological polar surface area (TPSA) is 54.2 Å². The number of rotatable bonds is 4. The van der Waals surface area contributed by atoms with E-state index in [0.29, 0.717) is 0 Å². The van der Waals surface area contributed by atoms with Crippen LogP contribution in [-0.2, 0) is 0 Å². The molecule has 1 aromatic carbocycles. The fraction of sp³-hybridized carbons (Fsp3) is 0.214. The van der Waals surface area contributed by atoms with E-state index >= 15 is 0 Å². The Hall–Kier alpha value is -2.07.